The van der Waals surface area contributed by atoms with E-state index in [0.717, 1.165) is 19.3 Å². The maximum atomic E-state index is 10.4. The molecular formula is C17H35NaO4S. The fraction of sp³-hybridized carbons (Fsp3) is 1.00. The van der Waals surface area contributed by atoms with Crippen molar-refractivity contribution in [2.75, 3.05) is 5.75 Å². The van der Waals surface area contributed by atoms with E-state index in [9.17, 15) is 18.1 Å². The summed E-state index contributed by atoms with van der Waals surface area (Å²) in [4.78, 5) is 0. The van der Waals surface area contributed by atoms with Crippen LogP contribution >= 0.6 is 0 Å². The summed E-state index contributed by atoms with van der Waals surface area (Å²) in [6, 6.07) is 0. The molecule has 0 amide bonds. The largest absolute Gasteiger partial charge is 1.00 e. The van der Waals surface area contributed by atoms with E-state index in [4.69, 9.17) is 0 Å². The molecule has 0 aromatic carbocycles. The maximum Gasteiger partial charge on any atom is 1.00 e. The van der Waals surface area contributed by atoms with Crippen LogP contribution in [0.3, 0.4) is 0 Å². The fourth-order valence-corrected chi connectivity index (χ4v) is 3.20. The standard InChI is InChI=1S/C17H36O4S.Na/c1-2-3-4-5-6-7-8-9-10-11-12-14-17(18)15-13-16-22(19,20)21;/h17-18H,2-16H2,1H3,(H,19,20,21);/q;+1/p-1. The minimum absolute atomic E-state index is 0. The molecule has 0 saturated carbocycles. The SMILES string of the molecule is CCCCCCCCCCCCCC(O)CCCS(=O)(=O)[O-].[Na+]. The van der Waals surface area contributed by atoms with E-state index < -0.39 is 16.2 Å². The van der Waals surface area contributed by atoms with E-state index in [1.54, 1.807) is 0 Å². The van der Waals surface area contributed by atoms with Gasteiger partial charge in [-0.3, -0.25) is 0 Å². The second kappa shape index (κ2) is 17.7. The van der Waals surface area contributed by atoms with Gasteiger partial charge >= 0.3 is 29.6 Å². The van der Waals surface area contributed by atoms with Crippen molar-refractivity contribution in [1.29, 1.82) is 0 Å². The first-order chi connectivity index (χ1) is 10.5. The molecule has 0 aromatic heterocycles. The van der Waals surface area contributed by atoms with Crippen molar-refractivity contribution in [3.8, 4) is 0 Å². The first kappa shape index (κ1) is 26.1. The zero-order chi connectivity index (χ0) is 16.7. The van der Waals surface area contributed by atoms with Gasteiger partial charge in [0.25, 0.3) is 0 Å². The van der Waals surface area contributed by atoms with Crippen LogP contribution in [0.1, 0.15) is 96.8 Å². The number of hydrogen-bond donors (Lipinski definition) is 1. The summed E-state index contributed by atoms with van der Waals surface area (Å²) < 4.78 is 31.3. The third-order valence-electron chi connectivity index (χ3n) is 4.07. The Morgan fingerprint density at radius 2 is 1.17 bits per heavy atom. The summed E-state index contributed by atoms with van der Waals surface area (Å²) in [5.41, 5.74) is 0. The molecule has 0 fully saturated rings. The molecule has 0 aliphatic heterocycles. The Hall–Kier alpha value is 0.870. The second-order valence-electron chi connectivity index (χ2n) is 6.38. The number of aliphatic hydroxyl groups excluding tert-OH is 1. The van der Waals surface area contributed by atoms with Crippen molar-refractivity contribution in [2.45, 2.75) is 103 Å². The Morgan fingerprint density at radius 3 is 1.61 bits per heavy atom. The van der Waals surface area contributed by atoms with Gasteiger partial charge in [0.15, 0.2) is 0 Å². The van der Waals surface area contributed by atoms with Gasteiger partial charge in [-0.05, 0) is 19.3 Å². The molecule has 23 heavy (non-hydrogen) atoms. The fourth-order valence-electron chi connectivity index (χ4n) is 2.68. The molecule has 0 aromatic rings. The number of hydrogen-bond acceptors (Lipinski definition) is 4. The van der Waals surface area contributed by atoms with Gasteiger partial charge < -0.3 is 9.66 Å². The molecule has 1 atom stereocenters. The molecule has 1 N–H and O–H groups in total. The van der Waals surface area contributed by atoms with Crippen molar-refractivity contribution in [3.63, 3.8) is 0 Å². The molecule has 0 bridgehead atoms. The van der Waals surface area contributed by atoms with E-state index in [0.29, 0.717) is 6.42 Å². The van der Waals surface area contributed by atoms with Gasteiger partial charge in [-0.1, -0.05) is 77.6 Å². The summed E-state index contributed by atoms with van der Waals surface area (Å²) in [7, 11) is -4.13. The van der Waals surface area contributed by atoms with E-state index in [-0.39, 0.29) is 41.7 Å². The molecule has 0 aliphatic rings. The quantitative estimate of drug-likeness (QED) is 0.257. The Kier molecular flexibility index (Phi) is 20.1. The molecule has 6 heteroatoms. The van der Waals surface area contributed by atoms with Crippen LogP contribution in [-0.2, 0) is 10.1 Å². The van der Waals surface area contributed by atoms with Crippen LogP contribution in [0, 0.1) is 0 Å². The van der Waals surface area contributed by atoms with Crippen molar-refractivity contribution in [2.24, 2.45) is 0 Å². The molecule has 0 rings (SSSR count). The average Bonchev–Trinajstić information content (AvgIpc) is 2.43. The minimum atomic E-state index is -4.13. The first-order valence-electron chi connectivity index (χ1n) is 9.07. The van der Waals surface area contributed by atoms with Gasteiger partial charge in [0.05, 0.1) is 16.2 Å². The Bertz CT molecular complexity index is 333. The smallest absolute Gasteiger partial charge is 0.748 e. The second-order valence-corrected chi connectivity index (χ2v) is 7.91. The topological polar surface area (TPSA) is 77.4 Å². The molecular weight excluding hydrogens is 323 g/mol. The Labute approximate surface area is 165 Å². The monoisotopic (exact) mass is 358 g/mol. The Morgan fingerprint density at radius 1 is 0.783 bits per heavy atom. The zero-order valence-corrected chi connectivity index (χ0v) is 18.1. The van der Waals surface area contributed by atoms with Crippen LogP contribution in [0.25, 0.3) is 0 Å². The summed E-state index contributed by atoms with van der Waals surface area (Å²) in [6.45, 7) is 2.24. The predicted octanol–water partition coefficient (Wildman–Crippen LogP) is 1.38. The van der Waals surface area contributed by atoms with Crippen LogP contribution in [0.2, 0.25) is 0 Å². The van der Waals surface area contributed by atoms with E-state index in [2.05, 4.69) is 6.92 Å². The van der Waals surface area contributed by atoms with Crippen molar-refractivity contribution in [3.05, 3.63) is 0 Å². The van der Waals surface area contributed by atoms with E-state index >= 15 is 0 Å². The van der Waals surface area contributed by atoms with Crippen LogP contribution < -0.4 is 29.6 Å². The minimum Gasteiger partial charge on any atom is -0.748 e. The number of rotatable bonds is 16. The van der Waals surface area contributed by atoms with Crippen LogP contribution in [0.5, 0.6) is 0 Å². The number of aliphatic hydroxyl groups is 1. The molecule has 1 unspecified atom stereocenters. The van der Waals surface area contributed by atoms with Crippen LogP contribution in [0.4, 0.5) is 0 Å². The molecule has 134 valence electrons. The van der Waals surface area contributed by atoms with Gasteiger partial charge in [-0.2, -0.15) is 0 Å². The van der Waals surface area contributed by atoms with Crippen molar-refractivity contribution < 1.29 is 47.6 Å². The Balaban J connectivity index is 0. The van der Waals surface area contributed by atoms with E-state index in [1.165, 1.54) is 57.8 Å². The molecule has 0 aliphatic carbocycles. The summed E-state index contributed by atoms with van der Waals surface area (Å²) in [5.74, 6) is -0.359. The third kappa shape index (κ3) is 22.9. The summed E-state index contributed by atoms with van der Waals surface area (Å²) in [5, 5.41) is 9.69. The summed E-state index contributed by atoms with van der Waals surface area (Å²) >= 11 is 0. The molecule has 0 spiro atoms. The normalized spacial score (nSPS) is 12.8. The zero-order valence-electron chi connectivity index (χ0n) is 15.3. The van der Waals surface area contributed by atoms with Crippen molar-refractivity contribution >= 4 is 10.1 Å². The number of unbranched alkanes of at least 4 members (excludes halogenated alkanes) is 10. The van der Waals surface area contributed by atoms with Gasteiger partial charge in [0.2, 0.25) is 0 Å². The molecule has 0 heterocycles. The summed E-state index contributed by atoms with van der Waals surface area (Å²) in [6.07, 6.45) is 15.0. The van der Waals surface area contributed by atoms with Gasteiger partial charge in [-0.15, -0.1) is 0 Å². The van der Waals surface area contributed by atoms with Crippen LogP contribution in [0.15, 0.2) is 0 Å². The van der Waals surface area contributed by atoms with Crippen molar-refractivity contribution in [1.82, 2.24) is 0 Å². The molecule has 0 saturated heterocycles. The molecule has 4 nitrogen and oxygen atoms in total. The van der Waals surface area contributed by atoms with E-state index in [1.807, 2.05) is 0 Å². The molecule has 0 radical (unpaired) electrons. The predicted molar refractivity (Wildman–Crippen MR) is 90.9 cm³/mol. The van der Waals surface area contributed by atoms with Gasteiger partial charge in [0.1, 0.15) is 0 Å². The maximum absolute atomic E-state index is 10.4. The van der Waals surface area contributed by atoms with Gasteiger partial charge in [0, 0.05) is 5.75 Å². The van der Waals surface area contributed by atoms with Crippen LogP contribution in [-0.4, -0.2) is 29.9 Å². The first-order valence-corrected chi connectivity index (χ1v) is 10.6. The van der Waals surface area contributed by atoms with Gasteiger partial charge in [-0.25, -0.2) is 8.42 Å². The third-order valence-corrected chi connectivity index (χ3v) is 4.86. The average molecular weight is 359 g/mol.